The highest BCUT2D eigenvalue weighted by Gasteiger charge is 2.55. The second-order valence-electron chi connectivity index (χ2n) is 7.93. The van der Waals surface area contributed by atoms with Gasteiger partial charge in [0.2, 0.25) is 0 Å². The Labute approximate surface area is 171 Å². The molecule has 29 heavy (non-hydrogen) atoms. The molecule has 1 aromatic carbocycles. The lowest BCUT2D eigenvalue weighted by Gasteiger charge is -2.18. The van der Waals surface area contributed by atoms with Crippen LogP contribution in [0, 0.1) is 17.8 Å². The quantitative estimate of drug-likeness (QED) is 0.546. The minimum absolute atomic E-state index is 0.150. The predicted molar refractivity (Wildman–Crippen MR) is 113 cm³/mol. The molecule has 3 aromatic heterocycles. The number of furan rings is 1. The fourth-order valence-corrected chi connectivity index (χ4v) is 5.65. The fraction of sp³-hybridized carbons (Fsp3) is 0.318. The number of pyridine rings is 1. The van der Waals surface area contributed by atoms with Gasteiger partial charge in [-0.05, 0) is 48.4 Å². The summed E-state index contributed by atoms with van der Waals surface area (Å²) in [5.74, 6) is 2.38. The van der Waals surface area contributed by atoms with Crippen LogP contribution in [0.5, 0.6) is 0 Å². The van der Waals surface area contributed by atoms with Crippen molar-refractivity contribution in [1.82, 2.24) is 15.3 Å². The smallest absolute Gasteiger partial charge is 0.287 e. The molecular weight excluding hydrogens is 384 g/mol. The van der Waals surface area contributed by atoms with E-state index in [-0.39, 0.29) is 5.91 Å². The highest BCUT2D eigenvalue weighted by molar-refractivity contribution is 7.22. The number of amides is 1. The van der Waals surface area contributed by atoms with Crippen molar-refractivity contribution >= 4 is 43.6 Å². The molecule has 7 heteroatoms. The number of thiazole rings is 1. The lowest BCUT2D eigenvalue weighted by atomic mass is 10.2. The number of nitrogens with one attached hydrogen (secondary N) is 1. The summed E-state index contributed by atoms with van der Waals surface area (Å²) in [5, 5.41) is 5.05. The van der Waals surface area contributed by atoms with Crippen LogP contribution in [-0.4, -0.2) is 35.5 Å². The van der Waals surface area contributed by atoms with Crippen LogP contribution < -0.4 is 10.2 Å². The van der Waals surface area contributed by atoms with Crippen molar-refractivity contribution in [3.8, 4) is 0 Å². The highest BCUT2D eigenvalue weighted by Crippen LogP contribution is 2.54. The van der Waals surface area contributed by atoms with Crippen molar-refractivity contribution in [2.75, 3.05) is 24.5 Å². The number of hydrogen-bond donors (Lipinski definition) is 1. The van der Waals surface area contributed by atoms with Crippen LogP contribution in [0.1, 0.15) is 17.0 Å². The maximum Gasteiger partial charge on any atom is 0.287 e. The number of benzene rings is 1. The van der Waals surface area contributed by atoms with E-state index in [4.69, 9.17) is 9.40 Å². The average Bonchev–Trinajstić information content (AvgIpc) is 3.20. The number of para-hydroxylation sites is 1. The molecule has 0 spiro atoms. The van der Waals surface area contributed by atoms with Gasteiger partial charge in [0.1, 0.15) is 0 Å². The van der Waals surface area contributed by atoms with Crippen LogP contribution in [-0.2, 0) is 0 Å². The number of carbonyl (C=O) groups is 1. The topological polar surface area (TPSA) is 71.3 Å². The third kappa shape index (κ3) is 2.97. The van der Waals surface area contributed by atoms with Gasteiger partial charge in [-0.1, -0.05) is 23.5 Å². The minimum Gasteiger partial charge on any atom is -0.449 e. The minimum atomic E-state index is -0.150. The van der Waals surface area contributed by atoms with Gasteiger partial charge in [-0.3, -0.25) is 9.78 Å². The third-order valence-electron chi connectivity index (χ3n) is 6.23. The predicted octanol–water partition coefficient (Wildman–Crippen LogP) is 3.94. The van der Waals surface area contributed by atoms with E-state index in [0.717, 1.165) is 47.4 Å². The van der Waals surface area contributed by atoms with Crippen molar-refractivity contribution < 1.29 is 9.21 Å². The van der Waals surface area contributed by atoms with E-state index in [1.165, 1.54) is 4.70 Å². The van der Waals surface area contributed by atoms with Crippen molar-refractivity contribution in [2.45, 2.75) is 6.42 Å². The van der Waals surface area contributed by atoms with Crippen molar-refractivity contribution in [3.05, 3.63) is 54.6 Å². The maximum absolute atomic E-state index is 12.3. The average molecular weight is 404 g/mol. The Kier molecular flexibility index (Phi) is 3.84. The third-order valence-corrected chi connectivity index (χ3v) is 7.33. The summed E-state index contributed by atoms with van der Waals surface area (Å²) in [6.07, 6.45) is 4.36. The highest BCUT2D eigenvalue weighted by atomic mass is 32.1. The second-order valence-corrected chi connectivity index (χ2v) is 8.94. The summed E-state index contributed by atoms with van der Waals surface area (Å²) in [4.78, 5) is 23.6. The van der Waals surface area contributed by atoms with E-state index in [9.17, 15) is 4.79 Å². The molecule has 2 fully saturated rings. The molecule has 1 saturated carbocycles. The Bertz CT molecular complexity index is 1140. The number of fused-ring (bicyclic) bond motifs is 3. The monoisotopic (exact) mass is 404 g/mol. The zero-order valence-corrected chi connectivity index (χ0v) is 16.6. The summed E-state index contributed by atoms with van der Waals surface area (Å²) < 4.78 is 6.83. The molecule has 0 bridgehead atoms. The molecule has 1 amide bonds. The molecule has 4 heterocycles. The fourth-order valence-electron chi connectivity index (χ4n) is 4.66. The maximum atomic E-state index is 12.3. The molecule has 2 aliphatic rings. The van der Waals surface area contributed by atoms with Crippen LogP contribution >= 0.6 is 11.3 Å². The van der Waals surface area contributed by atoms with Crippen LogP contribution in [0.4, 0.5) is 5.13 Å². The lowest BCUT2D eigenvalue weighted by Crippen LogP contribution is -2.27. The summed E-state index contributed by atoms with van der Waals surface area (Å²) in [6.45, 7) is 2.85. The number of hydrogen-bond acceptors (Lipinski definition) is 6. The SMILES string of the molecule is O=C(NCC[C@@H]1[C@H]2CN(c3nc4ccccc4s3)C[C@@H]12)c1cc2ccncc2o1. The summed E-state index contributed by atoms with van der Waals surface area (Å²) >= 11 is 1.78. The molecule has 6 nitrogen and oxygen atoms in total. The molecule has 0 radical (unpaired) electrons. The second kappa shape index (κ2) is 6.56. The van der Waals surface area contributed by atoms with Crippen LogP contribution in [0.2, 0.25) is 0 Å². The largest absolute Gasteiger partial charge is 0.449 e. The molecule has 1 aliphatic carbocycles. The Hall–Kier alpha value is -2.93. The van der Waals surface area contributed by atoms with E-state index in [0.29, 0.717) is 23.8 Å². The number of rotatable bonds is 5. The Morgan fingerprint density at radius 2 is 2.10 bits per heavy atom. The van der Waals surface area contributed by atoms with Gasteiger partial charge >= 0.3 is 0 Å². The van der Waals surface area contributed by atoms with Gasteiger partial charge in [-0.15, -0.1) is 0 Å². The van der Waals surface area contributed by atoms with Gasteiger partial charge in [0.15, 0.2) is 16.5 Å². The Morgan fingerprint density at radius 3 is 2.93 bits per heavy atom. The molecule has 6 rings (SSSR count). The molecule has 1 saturated heterocycles. The number of carbonyl (C=O) groups excluding carboxylic acids is 1. The zero-order chi connectivity index (χ0) is 19.4. The molecule has 1 N–H and O–H groups in total. The van der Waals surface area contributed by atoms with Gasteiger partial charge in [0.05, 0.1) is 16.4 Å². The normalized spacial score (nSPS) is 22.9. The van der Waals surface area contributed by atoms with Gasteiger partial charge in [0, 0.05) is 31.2 Å². The lowest BCUT2D eigenvalue weighted by molar-refractivity contribution is 0.0926. The number of aromatic nitrogens is 2. The first-order valence-electron chi connectivity index (χ1n) is 9.98. The molecule has 0 unspecified atom stereocenters. The summed E-state index contributed by atoms with van der Waals surface area (Å²) in [6, 6.07) is 11.9. The molecule has 3 atom stereocenters. The molecular formula is C22H20N4O2S. The standard InChI is InChI=1S/C22H20N4O2S/c27-21(18-9-13-5-7-23-10-19(13)28-18)24-8-6-14-15-11-26(12-16(14)15)22-25-17-3-1-2-4-20(17)29-22/h1-5,7,9-10,14-16H,6,8,11-12H2,(H,24,27)/t14-,15-,16+. The Morgan fingerprint density at radius 1 is 1.24 bits per heavy atom. The van der Waals surface area contributed by atoms with Gasteiger partial charge in [-0.25, -0.2) is 4.98 Å². The van der Waals surface area contributed by atoms with Crippen molar-refractivity contribution in [2.24, 2.45) is 17.8 Å². The van der Waals surface area contributed by atoms with E-state index in [2.05, 4.69) is 33.4 Å². The van der Waals surface area contributed by atoms with E-state index < -0.39 is 0 Å². The summed E-state index contributed by atoms with van der Waals surface area (Å²) in [5.41, 5.74) is 1.73. The van der Waals surface area contributed by atoms with Crippen molar-refractivity contribution in [1.29, 1.82) is 0 Å². The zero-order valence-electron chi connectivity index (χ0n) is 15.7. The van der Waals surface area contributed by atoms with Gasteiger partial charge in [-0.2, -0.15) is 0 Å². The van der Waals surface area contributed by atoms with E-state index in [1.807, 2.05) is 12.1 Å². The van der Waals surface area contributed by atoms with E-state index >= 15 is 0 Å². The Balaban J connectivity index is 1.01. The van der Waals surface area contributed by atoms with Gasteiger partial charge < -0.3 is 14.6 Å². The first-order valence-corrected chi connectivity index (χ1v) is 10.8. The molecule has 4 aromatic rings. The molecule has 146 valence electrons. The number of piperidine rings is 1. The van der Waals surface area contributed by atoms with E-state index in [1.54, 1.807) is 29.8 Å². The summed E-state index contributed by atoms with van der Waals surface area (Å²) in [7, 11) is 0. The van der Waals surface area contributed by atoms with Crippen LogP contribution in [0.25, 0.3) is 21.2 Å². The first kappa shape index (κ1) is 17.0. The first-order chi connectivity index (χ1) is 14.3. The number of anilines is 1. The van der Waals surface area contributed by atoms with Crippen LogP contribution in [0.15, 0.2) is 53.2 Å². The van der Waals surface area contributed by atoms with Crippen molar-refractivity contribution in [3.63, 3.8) is 0 Å². The van der Waals surface area contributed by atoms with Gasteiger partial charge in [0.25, 0.3) is 5.91 Å². The number of nitrogens with zero attached hydrogens (tertiary/aromatic N) is 3. The molecule has 1 aliphatic heterocycles. The van der Waals surface area contributed by atoms with Crippen LogP contribution in [0.3, 0.4) is 0 Å².